The molecule has 0 saturated heterocycles. The van der Waals surface area contributed by atoms with Gasteiger partial charge in [0.25, 0.3) is 5.24 Å². The van der Waals surface area contributed by atoms with Gasteiger partial charge in [-0.25, -0.2) is 0 Å². The van der Waals surface area contributed by atoms with Crippen molar-refractivity contribution in [1.29, 1.82) is 0 Å². The summed E-state index contributed by atoms with van der Waals surface area (Å²) in [5.41, 5.74) is 2.25. The highest BCUT2D eigenvalue weighted by atomic mass is 32.1. The average molecular weight is 253 g/mol. The second kappa shape index (κ2) is 5.45. The summed E-state index contributed by atoms with van der Waals surface area (Å²) in [6.45, 7) is 6.87. The van der Waals surface area contributed by atoms with E-state index in [-0.39, 0.29) is 10.7 Å². The first-order valence-corrected chi connectivity index (χ1v) is 5.93. The van der Waals surface area contributed by atoms with Gasteiger partial charge in [-0.05, 0) is 23.1 Å². The number of thiol groups is 1. The quantitative estimate of drug-likeness (QED) is 0.812. The van der Waals surface area contributed by atoms with Gasteiger partial charge in [-0.2, -0.15) is 0 Å². The maximum Gasteiger partial charge on any atom is 0.276 e. The van der Waals surface area contributed by atoms with E-state index in [0.29, 0.717) is 6.54 Å². The lowest BCUT2D eigenvalue weighted by Crippen LogP contribution is -2.18. The van der Waals surface area contributed by atoms with Crippen LogP contribution < -0.4 is 10.1 Å². The molecule has 94 valence electrons. The molecule has 0 aliphatic heterocycles. The normalized spacial score (nSPS) is 11.1. The molecule has 1 amide bonds. The van der Waals surface area contributed by atoms with Crippen LogP contribution in [0.1, 0.15) is 31.9 Å². The Morgan fingerprint density at radius 1 is 1.41 bits per heavy atom. The van der Waals surface area contributed by atoms with Gasteiger partial charge in [0.05, 0.1) is 7.11 Å². The topological polar surface area (TPSA) is 38.3 Å². The number of carbonyl (C=O) groups is 1. The molecule has 0 aliphatic carbocycles. The van der Waals surface area contributed by atoms with Crippen LogP contribution in [0.25, 0.3) is 0 Å². The van der Waals surface area contributed by atoms with Crippen molar-refractivity contribution < 1.29 is 9.53 Å². The van der Waals surface area contributed by atoms with E-state index in [1.807, 2.05) is 12.1 Å². The molecule has 0 saturated carbocycles. The van der Waals surface area contributed by atoms with Crippen molar-refractivity contribution in [3.63, 3.8) is 0 Å². The van der Waals surface area contributed by atoms with Crippen LogP contribution in [0.2, 0.25) is 0 Å². The summed E-state index contributed by atoms with van der Waals surface area (Å²) < 4.78 is 5.27. The highest BCUT2D eigenvalue weighted by Crippen LogP contribution is 2.27. The minimum atomic E-state index is -0.340. The Balaban J connectivity index is 3.02. The molecule has 1 N–H and O–H groups in total. The second-order valence-electron chi connectivity index (χ2n) is 4.94. The van der Waals surface area contributed by atoms with Gasteiger partial charge in [-0.3, -0.25) is 4.79 Å². The summed E-state index contributed by atoms with van der Waals surface area (Å²) in [5, 5.41) is 2.32. The monoisotopic (exact) mass is 253 g/mol. The van der Waals surface area contributed by atoms with Gasteiger partial charge < -0.3 is 10.1 Å². The molecular weight excluding hydrogens is 234 g/mol. The molecule has 17 heavy (non-hydrogen) atoms. The number of carbonyl (C=O) groups excluding carboxylic acids is 1. The molecule has 0 aromatic heterocycles. The van der Waals surface area contributed by atoms with Crippen LogP contribution in [0.4, 0.5) is 4.79 Å². The molecule has 0 unspecified atom stereocenters. The smallest absolute Gasteiger partial charge is 0.276 e. The number of amides is 1. The third-order valence-corrected chi connectivity index (χ3v) is 2.73. The third kappa shape index (κ3) is 3.97. The van der Waals surface area contributed by atoms with E-state index in [0.717, 1.165) is 11.3 Å². The first-order chi connectivity index (χ1) is 7.84. The van der Waals surface area contributed by atoms with Gasteiger partial charge in [0, 0.05) is 12.1 Å². The van der Waals surface area contributed by atoms with E-state index in [9.17, 15) is 4.79 Å². The Bertz CT molecular complexity index is 410. The molecule has 1 aromatic carbocycles. The van der Waals surface area contributed by atoms with Crippen molar-refractivity contribution in [3.8, 4) is 5.75 Å². The molecule has 0 aliphatic rings. The largest absolute Gasteiger partial charge is 0.496 e. The second-order valence-corrected chi connectivity index (χ2v) is 5.34. The molecule has 0 atom stereocenters. The Morgan fingerprint density at radius 3 is 2.53 bits per heavy atom. The number of hydrogen-bond acceptors (Lipinski definition) is 2. The van der Waals surface area contributed by atoms with Crippen molar-refractivity contribution in [2.24, 2.45) is 0 Å². The van der Waals surface area contributed by atoms with Gasteiger partial charge >= 0.3 is 0 Å². The first-order valence-electron chi connectivity index (χ1n) is 5.49. The van der Waals surface area contributed by atoms with E-state index in [1.165, 1.54) is 5.56 Å². The summed E-state index contributed by atoms with van der Waals surface area (Å²) >= 11 is 3.68. The number of nitrogens with one attached hydrogen (secondary N) is 1. The molecule has 0 radical (unpaired) electrons. The summed E-state index contributed by atoms with van der Waals surface area (Å²) in [6, 6.07) is 6.04. The van der Waals surface area contributed by atoms with E-state index in [4.69, 9.17) is 4.74 Å². The number of hydrogen-bond donors (Lipinski definition) is 2. The molecule has 0 spiro atoms. The molecule has 1 rings (SSSR count). The Morgan fingerprint density at radius 2 is 2.06 bits per heavy atom. The zero-order valence-corrected chi connectivity index (χ0v) is 11.6. The average Bonchev–Trinajstić information content (AvgIpc) is 2.24. The summed E-state index contributed by atoms with van der Waals surface area (Å²) in [7, 11) is 1.62. The maximum absolute atomic E-state index is 10.8. The molecule has 0 heterocycles. The predicted molar refractivity (Wildman–Crippen MR) is 72.9 cm³/mol. The van der Waals surface area contributed by atoms with Crippen molar-refractivity contribution in [2.45, 2.75) is 32.7 Å². The van der Waals surface area contributed by atoms with Crippen molar-refractivity contribution >= 4 is 17.9 Å². The lowest BCUT2D eigenvalue weighted by Gasteiger charge is -2.21. The molecule has 1 aromatic rings. The van der Waals surface area contributed by atoms with Crippen LogP contribution in [0, 0.1) is 0 Å². The van der Waals surface area contributed by atoms with Crippen LogP contribution in [0.5, 0.6) is 5.75 Å². The number of rotatable bonds is 3. The molecule has 0 fully saturated rings. The van der Waals surface area contributed by atoms with Gasteiger partial charge in [-0.15, -0.1) is 0 Å². The minimum absolute atomic E-state index is 0.0754. The SMILES string of the molecule is COc1ccc(C(C)(C)C)cc1CNC(=O)S. The van der Waals surface area contributed by atoms with E-state index >= 15 is 0 Å². The molecule has 4 heteroatoms. The lowest BCUT2D eigenvalue weighted by molar-refractivity contribution is 0.260. The van der Waals surface area contributed by atoms with E-state index < -0.39 is 0 Å². The third-order valence-electron chi connectivity index (χ3n) is 2.58. The van der Waals surface area contributed by atoms with E-state index in [1.54, 1.807) is 7.11 Å². The van der Waals surface area contributed by atoms with Gasteiger partial charge in [0.1, 0.15) is 5.75 Å². The molecular formula is C13H19NO2S. The Labute approximate surface area is 108 Å². The fourth-order valence-corrected chi connectivity index (χ4v) is 1.63. The van der Waals surface area contributed by atoms with E-state index in [2.05, 4.69) is 44.8 Å². The number of ether oxygens (including phenoxy) is 1. The number of benzene rings is 1. The standard InChI is InChI=1S/C13H19NO2S/c1-13(2,3)10-5-6-11(16-4)9(7-10)8-14-12(15)17/h5-7H,8H2,1-4H3,(H2,14,15,17). The zero-order chi connectivity index (χ0) is 13.1. The van der Waals surface area contributed by atoms with Crippen LogP contribution in [0.3, 0.4) is 0 Å². The lowest BCUT2D eigenvalue weighted by atomic mass is 9.86. The highest BCUT2D eigenvalue weighted by molar-refractivity contribution is 7.96. The zero-order valence-electron chi connectivity index (χ0n) is 10.7. The molecule has 0 bridgehead atoms. The van der Waals surface area contributed by atoms with Crippen molar-refractivity contribution in [3.05, 3.63) is 29.3 Å². The fraction of sp³-hybridized carbons (Fsp3) is 0.462. The predicted octanol–water partition coefficient (Wildman–Crippen LogP) is 3.13. The van der Waals surface area contributed by atoms with Crippen LogP contribution in [0.15, 0.2) is 18.2 Å². The number of methoxy groups -OCH3 is 1. The van der Waals surface area contributed by atoms with Crippen LogP contribution in [-0.2, 0) is 12.0 Å². The van der Waals surface area contributed by atoms with Gasteiger partial charge in [0.15, 0.2) is 0 Å². The van der Waals surface area contributed by atoms with Gasteiger partial charge in [0.2, 0.25) is 0 Å². The van der Waals surface area contributed by atoms with Crippen molar-refractivity contribution in [2.75, 3.05) is 7.11 Å². The fourth-order valence-electron chi connectivity index (χ4n) is 1.55. The van der Waals surface area contributed by atoms with Crippen LogP contribution >= 0.6 is 12.6 Å². The van der Waals surface area contributed by atoms with Gasteiger partial charge in [-0.1, -0.05) is 39.5 Å². The highest BCUT2D eigenvalue weighted by Gasteiger charge is 2.15. The maximum atomic E-state index is 10.8. The Hall–Kier alpha value is -1.16. The minimum Gasteiger partial charge on any atom is -0.496 e. The molecule has 3 nitrogen and oxygen atoms in total. The van der Waals surface area contributed by atoms with Crippen LogP contribution in [-0.4, -0.2) is 12.3 Å². The summed E-state index contributed by atoms with van der Waals surface area (Å²) in [5.74, 6) is 0.778. The summed E-state index contributed by atoms with van der Waals surface area (Å²) in [4.78, 5) is 10.8. The first kappa shape index (κ1) is 13.9. The Kier molecular flexibility index (Phi) is 4.46. The summed E-state index contributed by atoms with van der Waals surface area (Å²) in [6.07, 6.45) is 0. The van der Waals surface area contributed by atoms with Crippen molar-refractivity contribution in [1.82, 2.24) is 5.32 Å².